The molecule has 0 fully saturated rings. The van der Waals surface area contributed by atoms with Crippen LogP contribution in [-0.4, -0.2) is 11.9 Å². The number of amides is 1. The van der Waals surface area contributed by atoms with Crippen molar-refractivity contribution >= 4 is 5.91 Å². The van der Waals surface area contributed by atoms with Gasteiger partial charge in [0, 0.05) is 12.5 Å². The van der Waals surface area contributed by atoms with Crippen LogP contribution in [0.2, 0.25) is 0 Å². The van der Waals surface area contributed by atoms with Crippen molar-refractivity contribution in [3.63, 3.8) is 0 Å². The molecule has 1 amide bonds. The Morgan fingerprint density at radius 1 is 1.07 bits per heavy atom. The van der Waals surface area contributed by atoms with Gasteiger partial charge in [-0.1, -0.05) is 46.0 Å². The zero-order valence-electron chi connectivity index (χ0n) is 10.6. The Labute approximate surface area is 94.8 Å². The summed E-state index contributed by atoms with van der Waals surface area (Å²) in [5, 5.41) is 3.03. The Morgan fingerprint density at radius 3 is 2.33 bits per heavy atom. The summed E-state index contributed by atoms with van der Waals surface area (Å²) in [5.74, 6) is 0.229. The number of unbranched alkanes of at least 4 members (excludes halogenated alkanes) is 4. The summed E-state index contributed by atoms with van der Waals surface area (Å²) < 4.78 is 0. The third-order valence-corrected chi connectivity index (χ3v) is 2.64. The van der Waals surface area contributed by atoms with E-state index in [-0.39, 0.29) is 5.91 Å². The maximum Gasteiger partial charge on any atom is 0.220 e. The lowest BCUT2D eigenvalue weighted by Crippen LogP contribution is -2.32. The van der Waals surface area contributed by atoms with E-state index in [0.717, 1.165) is 19.3 Å². The predicted octanol–water partition coefficient (Wildman–Crippen LogP) is 3.65. The maximum absolute atomic E-state index is 11.4. The minimum Gasteiger partial charge on any atom is -0.354 e. The second-order valence-electron chi connectivity index (χ2n) is 4.42. The van der Waals surface area contributed by atoms with Crippen LogP contribution >= 0.6 is 0 Å². The SMILES string of the molecule is CCCCCCCC(=O)N[C@@H](C)CCC. The molecule has 0 aromatic carbocycles. The average Bonchev–Trinajstić information content (AvgIpc) is 2.17. The average molecular weight is 213 g/mol. The molecule has 0 rings (SSSR count). The quantitative estimate of drug-likeness (QED) is 0.582. The molecule has 2 nitrogen and oxygen atoms in total. The Balaban J connectivity index is 3.32. The minimum atomic E-state index is 0.229. The highest BCUT2D eigenvalue weighted by molar-refractivity contribution is 5.76. The molecule has 0 aliphatic carbocycles. The van der Waals surface area contributed by atoms with E-state index in [9.17, 15) is 4.79 Å². The fourth-order valence-electron chi connectivity index (χ4n) is 1.74. The predicted molar refractivity (Wildman–Crippen MR) is 65.9 cm³/mol. The summed E-state index contributed by atoms with van der Waals surface area (Å²) in [6.45, 7) is 6.44. The van der Waals surface area contributed by atoms with Crippen molar-refractivity contribution < 1.29 is 4.79 Å². The monoisotopic (exact) mass is 213 g/mol. The second kappa shape index (κ2) is 10.0. The number of rotatable bonds is 9. The molecule has 0 bridgehead atoms. The van der Waals surface area contributed by atoms with E-state index in [1.165, 1.54) is 25.7 Å². The normalized spacial score (nSPS) is 12.5. The van der Waals surface area contributed by atoms with Gasteiger partial charge in [-0.25, -0.2) is 0 Å². The van der Waals surface area contributed by atoms with Gasteiger partial charge in [0.1, 0.15) is 0 Å². The Bertz CT molecular complexity index is 157. The first-order chi connectivity index (χ1) is 7.20. The molecule has 0 unspecified atom stereocenters. The van der Waals surface area contributed by atoms with Crippen molar-refractivity contribution in [1.82, 2.24) is 5.32 Å². The number of hydrogen-bond donors (Lipinski definition) is 1. The fourth-order valence-corrected chi connectivity index (χ4v) is 1.74. The Morgan fingerprint density at radius 2 is 1.73 bits per heavy atom. The second-order valence-corrected chi connectivity index (χ2v) is 4.42. The Hall–Kier alpha value is -0.530. The van der Waals surface area contributed by atoms with Gasteiger partial charge in [0.05, 0.1) is 0 Å². The van der Waals surface area contributed by atoms with Gasteiger partial charge in [-0.15, -0.1) is 0 Å². The van der Waals surface area contributed by atoms with Gasteiger partial charge in [0.2, 0.25) is 5.91 Å². The molecule has 0 saturated heterocycles. The first kappa shape index (κ1) is 14.5. The van der Waals surface area contributed by atoms with Gasteiger partial charge in [-0.3, -0.25) is 4.79 Å². The number of hydrogen-bond acceptors (Lipinski definition) is 1. The van der Waals surface area contributed by atoms with Crippen molar-refractivity contribution in [2.75, 3.05) is 0 Å². The van der Waals surface area contributed by atoms with Gasteiger partial charge in [0.15, 0.2) is 0 Å². The van der Waals surface area contributed by atoms with Gasteiger partial charge >= 0.3 is 0 Å². The van der Waals surface area contributed by atoms with Crippen LogP contribution in [0.3, 0.4) is 0 Å². The number of carbonyl (C=O) groups is 1. The summed E-state index contributed by atoms with van der Waals surface area (Å²) in [6.07, 6.45) is 9.01. The van der Waals surface area contributed by atoms with Crippen molar-refractivity contribution in [1.29, 1.82) is 0 Å². The first-order valence-corrected chi connectivity index (χ1v) is 6.50. The van der Waals surface area contributed by atoms with Crippen LogP contribution in [0.15, 0.2) is 0 Å². The molecular formula is C13H27NO. The molecule has 15 heavy (non-hydrogen) atoms. The lowest BCUT2D eigenvalue weighted by Gasteiger charge is -2.12. The smallest absolute Gasteiger partial charge is 0.220 e. The van der Waals surface area contributed by atoms with E-state index in [0.29, 0.717) is 12.5 Å². The van der Waals surface area contributed by atoms with E-state index in [4.69, 9.17) is 0 Å². The minimum absolute atomic E-state index is 0.229. The third kappa shape index (κ3) is 9.77. The summed E-state index contributed by atoms with van der Waals surface area (Å²) in [6, 6.07) is 0.346. The molecular weight excluding hydrogens is 186 g/mol. The lowest BCUT2D eigenvalue weighted by molar-refractivity contribution is -0.121. The standard InChI is InChI=1S/C13H27NO/c1-4-6-7-8-9-11-13(15)14-12(3)10-5-2/h12H,4-11H2,1-3H3,(H,14,15)/t12-/m0/s1. The van der Waals surface area contributed by atoms with E-state index in [1.807, 2.05) is 0 Å². The van der Waals surface area contributed by atoms with Crippen LogP contribution in [0, 0.1) is 0 Å². The molecule has 0 aromatic heterocycles. The van der Waals surface area contributed by atoms with Crippen LogP contribution in [-0.2, 0) is 4.79 Å². The summed E-state index contributed by atoms with van der Waals surface area (Å²) in [5.41, 5.74) is 0. The van der Waals surface area contributed by atoms with Crippen LogP contribution < -0.4 is 5.32 Å². The highest BCUT2D eigenvalue weighted by Gasteiger charge is 2.05. The van der Waals surface area contributed by atoms with E-state index < -0.39 is 0 Å². The van der Waals surface area contributed by atoms with Crippen LogP contribution in [0.25, 0.3) is 0 Å². The van der Waals surface area contributed by atoms with Gasteiger partial charge in [-0.2, -0.15) is 0 Å². The summed E-state index contributed by atoms with van der Waals surface area (Å²) in [7, 11) is 0. The molecule has 1 atom stereocenters. The molecule has 0 spiro atoms. The maximum atomic E-state index is 11.4. The van der Waals surface area contributed by atoms with E-state index in [2.05, 4.69) is 26.1 Å². The molecule has 0 aromatic rings. The zero-order valence-corrected chi connectivity index (χ0v) is 10.6. The van der Waals surface area contributed by atoms with Crippen LogP contribution in [0.5, 0.6) is 0 Å². The largest absolute Gasteiger partial charge is 0.354 e. The zero-order chi connectivity index (χ0) is 11.5. The molecule has 0 aliphatic heterocycles. The highest BCUT2D eigenvalue weighted by atomic mass is 16.1. The van der Waals surface area contributed by atoms with Crippen molar-refractivity contribution in [2.45, 2.75) is 78.2 Å². The van der Waals surface area contributed by atoms with Gasteiger partial charge < -0.3 is 5.32 Å². The van der Waals surface area contributed by atoms with Gasteiger partial charge in [-0.05, 0) is 19.8 Å². The molecule has 1 N–H and O–H groups in total. The summed E-state index contributed by atoms with van der Waals surface area (Å²) in [4.78, 5) is 11.4. The Kier molecular flexibility index (Phi) is 9.65. The molecule has 90 valence electrons. The topological polar surface area (TPSA) is 29.1 Å². The van der Waals surface area contributed by atoms with Crippen LogP contribution in [0.1, 0.15) is 72.1 Å². The molecule has 0 saturated carbocycles. The lowest BCUT2D eigenvalue weighted by atomic mass is 10.1. The van der Waals surface area contributed by atoms with E-state index >= 15 is 0 Å². The summed E-state index contributed by atoms with van der Waals surface area (Å²) >= 11 is 0. The van der Waals surface area contributed by atoms with Crippen molar-refractivity contribution in [2.24, 2.45) is 0 Å². The van der Waals surface area contributed by atoms with Crippen LogP contribution in [0.4, 0.5) is 0 Å². The molecule has 0 radical (unpaired) electrons. The molecule has 0 aliphatic rings. The molecule has 0 heterocycles. The fraction of sp³-hybridized carbons (Fsp3) is 0.923. The van der Waals surface area contributed by atoms with E-state index in [1.54, 1.807) is 0 Å². The van der Waals surface area contributed by atoms with Crippen molar-refractivity contribution in [3.05, 3.63) is 0 Å². The number of nitrogens with one attached hydrogen (secondary N) is 1. The first-order valence-electron chi connectivity index (χ1n) is 6.50. The molecule has 2 heteroatoms. The number of carbonyl (C=O) groups excluding carboxylic acids is 1. The highest BCUT2D eigenvalue weighted by Crippen LogP contribution is 2.05. The third-order valence-electron chi connectivity index (χ3n) is 2.64. The van der Waals surface area contributed by atoms with Crippen molar-refractivity contribution in [3.8, 4) is 0 Å². The van der Waals surface area contributed by atoms with Gasteiger partial charge in [0.25, 0.3) is 0 Å².